The van der Waals surface area contributed by atoms with Crippen molar-refractivity contribution in [1.29, 1.82) is 0 Å². The summed E-state index contributed by atoms with van der Waals surface area (Å²) in [6, 6.07) is 7.46. The molecule has 114 valence electrons. The van der Waals surface area contributed by atoms with Crippen molar-refractivity contribution in [1.82, 2.24) is 5.32 Å². The van der Waals surface area contributed by atoms with Crippen LogP contribution in [0.25, 0.3) is 0 Å². The highest BCUT2D eigenvalue weighted by molar-refractivity contribution is 5.69. The molecular formula is C17H23NO3. The van der Waals surface area contributed by atoms with Crippen LogP contribution in [0.5, 0.6) is 0 Å². The maximum atomic E-state index is 12.0. The van der Waals surface area contributed by atoms with Gasteiger partial charge in [0, 0.05) is 0 Å². The summed E-state index contributed by atoms with van der Waals surface area (Å²) in [5.41, 5.74) is -0.0188. The third-order valence-electron chi connectivity index (χ3n) is 3.08. The number of alkyl carbamates (subject to hydrolysis) is 1. The Morgan fingerprint density at radius 3 is 2.48 bits per heavy atom. The number of hydrogen-bond acceptors (Lipinski definition) is 3. The summed E-state index contributed by atoms with van der Waals surface area (Å²) in [4.78, 5) is 12.0. The second-order valence-electron chi connectivity index (χ2n) is 6.27. The number of rotatable bonds is 3. The molecule has 2 unspecified atom stereocenters. The summed E-state index contributed by atoms with van der Waals surface area (Å²) in [5.74, 6) is 2.28. The van der Waals surface area contributed by atoms with E-state index in [0.717, 1.165) is 11.1 Å². The van der Waals surface area contributed by atoms with Crippen molar-refractivity contribution in [3.05, 3.63) is 35.4 Å². The molecule has 1 amide bonds. The van der Waals surface area contributed by atoms with E-state index in [0.29, 0.717) is 0 Å². The summed E-state index contributed by atoms with van der Waals surface area (Å²) in [6.45, 7) is 8.92. The van der Waals surface area contributed by atoms with Gasteiger partial charge in [-0.3, -0.25) is 0 Å². The predicted molar refractivity (Wildman–Crippen MR) is 82.7 cm³/mol. The topological polar surface area (TPSA) is 58.6 Å². The molecule has 0 aliphatic carbocycles. The fourth-order valence-electron chi connectivity index (χ4n) is 1.95. The maximum Gasteiger partial charge on any atom is 0.408 e. The van der Waals surface area contributed by atoms with Gasteiger partial charge >= 0.3 is 6.09 Å². The van der Waals surface area contributed by atoms with E-state index in [1.807, 2.05) is 31.2 Å². The van der Waals surface area contributed by atoms with E-state index in [-0.39, 0.29) is 0 Å². The SMILES string of the molecule is C#CC(O)C(C)(NC(=O)OC(C)(C)C)c1cccc(C)c1. The van der Waals surface area contributed by atoms with Crippen molar-refractivity contribution in [3.63, 3.8) is 0 Å². The average Bonchev–Trinajstić information content (AvgIpc) is 2.35. The molecule has 1 aromatic rings. The van der Waals surface area contributed by atoms with E-state index in [1.54, 1.807) is 27.7 Å². The molecule has 2 atom stereocenters. The smallest absolute Gasteiger partial charge is 0.408 e. The Kier molecular flexibility index (Phi) is 5.03. The quantitative estimate of drug-likeness (QED) is 0.841. The number of aliphatic hydroxyl groups is 1. The van der Waals surface area contributed by atoms with Gasteiger partial charge in [-0.15, -0.1) is 6.42 Å². The molecule has 1 rings (SSSR count). The number of carbonyl (C=O) groups excluding carboxylic acids is 1. The van der Waals surface area contributed by atoms with Crippen molar-refractivity contribution in [2.45, 2.75) is 51.9 Å². The third-order valence-corrected chi connectivity index (χ3v) is 3.08. The van der Waals surface area contributed by atoms with Crippen molar-refractivity contribution in [3.8, 4) is 12.3 Å². The number of ether oxygens (including phenoxy) is 1. The number of carbonyl (C=O) groups is 1. The van der Waals surface area contributed by atoms with Gasteiger partial charge in [0.1, 0.15) is 17.2 Å². The van der Waals surface area contributed by atoms with E-state index in [9.17, 15) is 9.90 Å². The fourth-order valence-corrected chi connectivity index (χ4v) is 1.95. The lowest BCUT2D eigenvalue weighted by Crippen LogP contribution is -2.52. The van der Waals surface area contributed by atoms with Crippen LogP contribution in [-0.4, -0.2) is 22.9 Å². The van der Waals surface area contributed by atoms with Crippen LogP contribution < -0.4 is 5.32 Å². The van der Waals surface area contributed by atoms with Gasteiger partial charge in [-0.25, -0.2) is 4.79 Å². The van der Waals surface area contributed by atoms with Crippen molar-refractivity contribution >= 4 is 6.09 Å². The average molecular weight is 289 g/mol. The normalized spacial score (nSPS) is 15.5. The number of amides is 1. The van der Waals surface area contributed by atoms with Crippen LogP contribution in [-0.2, 0) is 10.3 Å². The molecule has 0 saturated heterocycles. The summed E-state index contributed by atoms with van der Waals surface area (Å²) >= 11 is 0. The number of benzene rings is 1. The van der Waals surface area contributed by atoms with Crippen molar-refractivity contribution in [2.75, 3.05) is 0 Å². The Hall–Kier alpha value is -1.99. The summed E-state index contributed by atoms with van der Waals surface area (Å²) < 4.78 is 5.25. The zero-order valence-electron chi connectivity index (χ0n) is 13.2. The van der Waals surface area contributed by atoms with E-state index < -0.39 is 23.3 Å². The van der Waals surface area contributed by atoms with Gasteiger partial charge in [0.15, 0.2) is 0 Å². The molecule has 0 aliphatic heterocycles. The third kappa shape index (κ3) is 4.51. The fraction of sp³-hybridized carbons (Fsp3) is 0.471. The van der Waals surface area contributed by atoms with Crippen molar-refractivity contribution < 1.29 is 14.6 Å². The molecular weight excluding hydrogens is 266 g/mol. The molecule has 2 N–H and O–H groups in total. The molecule has 0 aromatic heterocycles. The molecule has 4 heteroatoms. The van der Waals surface area contributed by atoms with Crippen LogP contribution in [0.15, 0.2) is 24.3 Å². The van der Waals surface area contributed by atoms with Gasteiger partial charge in [0.2, 0.25) is 0 Å². The Balaban J connectivity index is 3.12. The zero-order valence-corrected chi connectivity index (χ0v) is 13.2. The van der Waals surface area contributed by atoms with Gasteiger partial charge in [-0.2, -0.15) is 0 Å². The molecule has 21 heavy (non-hydrogen) atoms. The highest BCUT2D eigenvalue weighted by Crippen LogP contribution is 2.26. The molecule has 0 saturated carbocycles. The lowest BCUT2D eigenvalue weighted by molar-refractivity contribution is 0.0349. The Morgan fingerprint density at radius 2 is 2.00 bits per heavy atom. The van der Waals surface area contributed by atoms with Crippen LogP contribution in [0.1, 0.15) is 38.8 Å². The van der Waals surface area contributed by atoms with Gasteiger partial charge < -0.3 is 15.2 Å². The Bertz CT molecular complexity index is 554. The number of aryl methyl sites for hydroxylation is 1. The first-order valence-electron chi connectivity index (χ1n) is 6.81. The van der Waals surface area contributed by atoms with Gasteiger partial charge in [0.25, 0.3) is 0 Å². The minimum atomic E-state index is -1.17. The summed E-state index contributed by atoms with van der Waals surface area (Å²) in [6.07, 6.45) is 3.55. The molecule has 0 spiro atoms. The highest BCUT2D eigenvalue weighted by Gasteiger charge is 2.37. The van der Waals surface area contributed by atoms with E-state index in [1.165, 1.54) is 0 Å². The lowest BCUT2D eigenvalue weighted by atomic mass is 9.86. The zero-order chi connectivity index (χ0) is 16.3. The lowest BCUT2D eigenvalue weighted by Gasteiger charge is -2.34. The minimum Gasteiger partial charge on any atom is -0.444 e. The van der Waals surface area contributed by atoms with Crippen LogP contribution in [0.3, 0.4) is 0 Å². The first-order valence-corrected chi connectivity index (χ1v) is 6.81. The summed E-state index contributed by atoms with van der Waals surface area (Å²) in [5, 5.41) is 12.9. The summed E-state index contributed by atoms with van der Waals surface area (Å²) in [7, 11) is 0. The molecule has 0 radical (unpaired) electrons. The van der Waals surface area contributed by atoms with Gasteiger partial charge in [-0.05, 0) is 40.2 Å². The standard InChI is InChI=1S/C17H23NO3/c1-7-14(19)17(6,13-10-8-9-12(2)11-13)18-15(20)21-16(3,4)5/h1,8-11,14,19H,2-6H3,(H,18,20). The number of terminal acetylenes is 1. The first kappa shape index (κ1) is 17.1. The predicted octanol–water partition coefficient (Wildman–Crippen LogP) is 2.73. The molecule has 4 nitrogen and oxygen atoms in total. The molecule has 0 heterocycles. The highest BCUT2D eigenvalue weighted by atomic mass is 16.6. The van der Waals surface area contributed by atoms with E-state index in [2.05, 4.69) is 11.2 Å². The molecule has 1 aromatic carbocycles. The largest absolute Gasteiger partial charge is 0.444 e. The molecule has 0 fully saturated rings. The van der Waals surface area contributed by atoms with Crippen LogP contribution >= 0.6 is 0 Å². The van der Waals surface area contributed by atoms with Crippen LogP contribution in [0.2, 0.25) is 0 Å². The molecule has 0 aliphatic rings. The number of nitrogens with one attached hydrogen (secondary N) is 1. The Morgan fingerprint density at radius 1 is 1.38 bits per heavy atom. The number of hydrogen-bond donors (Lipinski definition) is 2. The minimum absolute atomic E-state index is 0.624. The number of aliphatic hydroxyl groups excluding tert-OH is 1. The maximum absolute atomic E-state index is 12.0. The molecule has 0 bridgehead atoms. The second kappa shape index (κ2) is 6.19. The van der Waals surface area contributed by atoms with Crippen molar-refractivity contribution in [2.24, 2.45) is 0 Å². The van der Waals surface area contributed by atoms with Crippen LogP contribution in [0, 0.1) is 19.3 Å². The monoisotopic (exact) mass is 289 g/mol. The van der Waals surface area contributed by atoms with E-state index >= 15 is 0 Å². The van der Waals surface area contributed by atoms with Crippen LogP contribution in [0.4, 0.5) is 4.79 Å². The second-order valence-corrected chi connectivity index (χ2v) is 6.27. The Labute approximate surface area is 126 Å². The van der Waals surface area contributed by atoms with Gasteiger partial charge in [-0.1, -0.05) is 35.7 Å². The van der Waals surface area contributed by atoms with E-state index in [4.69, 9.17) is 11.2 Å². The first-order chi connectivity index (χ1) is 9.58. The van der Waals surface area contributed by atoms with Gasteiger partial charge in [0.05, 0.1) is 0 Å².